The molecule has 1 fully saturated rings. The largest absolute Gasteiger partial charge is 0.375 e. The summed E-state index contributed by atoms with van der Waals surface area (Å²) in [5.74, 6) is -0.0580. The third-order valence-electron chi connectivity index (χ3n) is 4.89. The van der Waals surface area contributed by atoms with Gasteiger partial charge in [0, 0.05) is 38.5 Å². The van der Waals surface area contributed by atoms with Crippen LogP contribution in [0, 0.1) is 0 Å². The number of methoxy groups -OCH3 is 1. The number of carbonyl (C=O) groups excluding carboxylic acids is 1. The van der Waals surface area contributed by atoms with Crippen molar-refractivity contribution < 1.29 is 9.53 Å². The molecule has 144 valence electrons. The van der Waals surface area contributed by atoms with Crippen molar-refractivity contribution in [1.82, 2.24) is 4.90 Å². The molecular formula is C21H24Cl2N2O2. The molecule has 0 bridgehead atoms. The Labute approximate surface area is 170 Å². The Kier molecular flexibility index (Phi) is 7.13. The molecule has 0 unspecified atom stereocenters. The van der Waals surface area contributed by atoms with E-state index in [1.165, 1.54) is 12.7 Å². The summed E-state index contributed by atoms with van der Waals surface area (Å²) in [6.07, 6.45) is 1.81. The van der Waals surface area contributed by atoms with E-state index in [0.29, 0.717) is 10.0 Å². The molecule has 2 aromatic carbocycles. The van der Waals surface area contributed by atoms with Crippen molar-refractivity contribution in [1.29, 1.82) is 0 Å². The van der Waals surface area contributed by atoms with E-state index in [1.807, 2.05) is 17.0 Å². The predicted molar refractivity (Wildman–Crippen MR) is 111 cm³/mol. The fourth-order valence-corrected chi connectivity index (χ4v) is 3.86. The zero-order chi connectivity index (χ0) is 19.2. The zero-order valence-electron chi connectivity index (χ0n) is 15.4. The van der Waals surface area contributed by atoms with Crippen molar-refractivity contribution in [3.8, 4) is 0 Å². The van der Waals surface area contributed by atoms with Gasteiger partial charge in [0.2, 0.25) is 0 Å². The maximum Gasteiger partial charge on any atom is 0.253 e. The predicted octanol–water partition coefficient (Wildman–Crippen LogP) is 4.64. The van der Waals surface area contributed by atoms with Crippen LogP contribution in [0.25, 0.3) is 0 Å². The van der Waals surface area contributed by atoms with Crippen molar-refractivity contribution in [3.63, 3.8) is 0 Å². The van der Waals surface area contributed by atoms with Gasteiger partial charge in [0.1, 0.15) is 6.61 Å². The Morgan fingerprint density at radius 1 is 1.11 bits per heavy atom. The lowest BCUT2D eigenvalue weighted by Gasteiger charge is -2.38. The molecule has 3 rings (SSSR count). The van der Waals surface area contributed by atoms with Crippen LogP contribution in [0.15, 0.2) is 48.5 Å². The van der Waals surface area contributed by atoms with Crippen molar-refractivity contribution in [2.24, 2.45) is 0 Å². The van der Waals surface area contributed by atoms with Crippen LogP contribution >= 0.6 is 23.2 Å². The summed E-state index contributed by atoms with van der Waals surface area (Å²) in [7, 11) is 1.54. The Balaban J connectivity index is 1.70. The molecule has 27 heavy (non-hydrogen) atoms. The third-order valence-corrected chi connectivity index (χ3v) is 5.63. The van der Waals surface area contributed by atoms with Crippen LogP contribution in [0.3, 0.4) is 0 Å². The molecule has 0 aromatic heterocycles. The minimum atomic E-state index is -0.0580. The SMILES string of the molecule is COCC(=O)N(c1ccc(Cl)c(Cl)c1)C1CCN(Cc2ccccc2)CC1. The summed E-state index contributed by atoms with van der Waals surface area (Å²) in [4.78, 5) is 17.0. The Morgan fingerprint density at radius 3 is 2.44 bits per heavy atom. The molecule has 1 amide bonds. The molecule has 2 aromatic rings. The number of hydrogen-bond acceptors (Lipinski definition) is 3. The summed E-state index contributed by atoms with van der Waals surface area (Å²) in [6.45, 7) is 2.87. The lowest BCUT2D eigenvalue weighted by Crippen LogP contribution is -2.48. The van der Waals surface area contributed by atoms with Gasteiger partial charge < -0.3 is 9.64 Å². The average Bonchev–Trinajstić information content (AvgIpc) is 2.67. The number of hydrogen-bond donors (Lipinski definition) is 0. The molecule has 6 heteroatoms. The van der Waals surface area contributed by atoms with Gasteiger partial charge in [-0.25, -0.2) is 0 Å². The van der Waals surface area contributed by atoms with E-state index in [9.17, 15) is 4.79 Å². The minimum absolute atomic E-state index is 0.0461. The maximum atomic E-state index is 12.7. The Morgan fingerprint density at radius 2 is 1.81 bits per heavy atom. The highest BCUT2D eigenvalue weighted by Crippen LogP contribution is 2.30. The molecule has 4 nitrogen and oxygen atoms in total. The molecule has 1 aliphatic rings. The molecule has 0 N–H and O–H groups in total. The number of anilines is 1. The first-order valence-electron chi connectivity index (χ1n) is 9.11. The van der Waals surface area contributed by atoms with Crippen LogP contribution in [0.4, 0.5) is 5.69 Å². The van der Waals surface area contributed by atoms with Crippen LogP contribution in [0.2, 0.25) is 10.0 Å². The first kappa shape index (κ1) is 20.2. The van der Waals surface area contributed by atoms with E-state index in [-0.39, 0.29) is 18.6 Å². The van der Waals surface area contributed by atoms with Gasteiger partial charge in [-0.05, 0) is 36.6 Å². The van der Waals surface area contributed by atoms with Crippen molar-refractivity contribution in [3.05, 3.63) is 64.1 Å². The first-order chi connectivity index (χ1) is 13.1. The van der Waals surface area contributed by atoms with Crippen molar-refractivity contribution in [2.45, 2.75) is 25.4 Å². The van der Waals surface area contributed by atoms with Crippen LogP contribution in [0.1, 0.15) is 18.4 Å². The first-order valence-corrected chi connectivity index (χ1v) is 9.86. The normalized spacial score (nSPS) is 15.7. The van der Waals surface area contributed by atoms with Crippen LogP contribution in [0.5, 0.6) is 0 Å². The highest BCUT2D eigenvalue weighted by molar-refractivity contribution is 6.42. The monoisotopic (exact) mass is 406 g/mol. The number of amides is 1. The second kappa shape index (κ2) is 9.56. The second-order valence-electron chi connectivity index (χ2n) is 6.79. The van der Waals surface area contributed by atoms with Crippen LogP contribution in [-0.4, -0.2) is 43.7 Å². The topological polar surface area (TPSA) is 32.8 Å². The Bertz CT molecular complexity index is 762. The number of benzene rings is 2. The van der Waals surface area contributed by atoms with Crippen molar-refractivity contribution in [2.75, 3.05) is 31.7 Å². The van der Waals surface area contributed by atoms with Gasteiger partial charge in [-0.3, -0.25) is 9.69 Å². The molecule has 0 aliphatic carbocycles. The molecule has 1 aliphatic heterocycles. The lowest BCUT2D eigenvalue weighted by molar-refractivity contribution is -0.122. The fourth-order valence-electron chi connectivity index (χ4n) is 3.56. The van der Waals surface area contributed by atoms with Gasteiger partial charge in [-0.1, -0.05) is 53.5 Å². The minimum Gasteiger partial charge on any atom is -0.375 e. The van der Waals surface area contributed by atoms with Gasteiger partial charge in [0.25, 0.3) is 5.91 Å². The number of halogens is 2. The summed E-state index contributed by atoms with van der Waals surface area (Å²) >= 11 is 12.2. The van der Waals surface area contributed by atoms with E-state index in [4.69, 9.17) is 27.9 Å². The summed E-state index contributed by atoms with van der Waals surface area (Å²) in [5, 5.41) is 0.933. The molecular weight excluding hydrogens is 383 g/mol. The lowest BCUT2D eigenvalue weighted by atomic mass is 10.0. The molecule has 0 saturated carbocycles. The third kappa shape index (κ3) is 5.23. The van der Waals surface area contributed by atoms with E-state index in [0.717, 1.165) is 38.2 Å². The highest BCUT2D eigenvalue weighted by atomic mass is 35.5. The smallest absolute Gasteiger partial charge is 0.253 e. The van der Waals surface area contributed by atoms with Gasteiger partial charge in [-0.2, -0.15) is 0 Å². The molecule has 0 spiro atoms. The average molecular weight is 407 g/mol. The number of likely N-dealkylation sites (tertiary alicyclic amines) is 1. The quantitative estimate of drug-likeness (QED) is 0.700. The summed E-state index contributed by atoms with van der Waals surface area (Å²) in [6, 6.07) is 15.9. The number of piperidine rings is 1. The van der Waals surface area contributed by atoms with E-state index in [1.54, 1.807) is 12.1 Å². The maximum absolute atomic E-state index is 12.7. The number of ether oxygens (including phenoxy) is 1. The Hall–Kier alpha value is -1.59. The molecule has 0 atom stereocenters. The standard InChI is InChI=1S/C21H24Cl2N2O2/c1-27-15-21(26)25(18-7-8-19(22)20(23)13-18)17-9-11-24(12-10-17)14-16-5-3-2-4-6-16/h2-8,13,17H,9-12,14-15H2,1H3. The van der Waals surface area contributed by atoms with Crippen LogP contribution in [-0.2, 0) is 16.1 Å². The van der Waals surface area contributed by atoms with E-state index < -0.39 is 0 Å². The second-order valence-corrected chi connectivity index (χ2v) is 7.60. The zero-order valence-corrected chi connectivity index (χ0v) is 16.9. The van der Waals surface area contributed by atoms with Gasteiger partial charge >= 0.3 is 0 Å². The van der Waals surface area contributed by atoms with Crippen molar-refractivity contribution >= 4 is 34.8 Å². The molecule has 1 saturated heterocycles. The molecule has 1 heterocycles. The summed E-state index contributed by atoms with van der Waals surface area (Å²) in [5.41, 5.74) is 2.08. The van der Waals surface area contributed by atoms with Gasteiger partial charge in [0.05, 0.1) is 10.0 Å². The highest BCUT2D eigenvalue weighted by Gasteiger charge is 2.29. The van der Waals surface area contributed by atoms with E-state index >= 15 is 0 Å². The number of rotatable bonds is 6. The number of carbonyl (C=O) groups is 1. The van der Waals surface area contributed by atoms with Gasteiger partial charge in [0.15, 0.2) is 0 Å². The summed E-state index contributed by atoms with van der Waals surface area (Å²) < 4.78 is 5.09. The number of nitrogens with zero attached hydrogens (tertiary/aromatic N) is 2. The fraction of sp³-hybridized carbons (Fsp3) is 0.381. The van der Waals surface area contributed by atoms with E-state index in [2.05, 4.69) is 29.2 Å². The molecule has 0 radical (unpaired) electrons. The van der Waals surface area contributed by atoms with Crippen LogP contribution < -0.4 is 4.90 Å². The van der Waals surface area contributed by atoms with Gasteiger partial charge in [-0.15, -0.1) is 0 Å².